The zero-order chi connectivity index (χ0) is 14.5. The van der Waals surface area contributed by atoms with Crippen molar-refractivity contribution in [3.05, 3.63) is 30.2 Å². The Morgan fingerprint density at radius 3 is 2.90 bits per heavy atom. The molecule has 20 heavy (non-hydrogen) atoms. The molecule has 2 rings (SSSR count). The maximum Gasteiger partial charge on any atom is 0.322 e. The van der Waals surface area contributed by atoms with Gasteiger partial charge < -0.3 is 10.2 Å². The smallest absolute Gasteiger partial charge is 0.322 e. The Morgan fingerprint density at radius 2 is 2.25 bits per heavy atom. The molecule has 2 aromatic rings. The Balaban J connectivity index is 1.86. The molecule has 0 saturated heterocycles. The highest BCUT2D eigenvalue weighted by molar-refractivity contribution is 8.00. The molecular weight excluding hydrogens is 276 g/mol. The molecule has 6 nitrogen and oxygen atoms in total. The number of nitrogen functional groups attached to an aromatic ring is 1. The molecule has 0 bridgehead atoms. The van der Waals surface area contributed by atoms with Gasteiger partial charge in [0.25, 0.3) is 0 Å². The summed E-state index contributed by atoms with van der Waals surface area (Å²) in [4.78, 5) is 12.7. The predicted molar refractivity (Wildman–Crippen MR) is 78.6 cm³/mol. The van der Waals surface area contributed by atoms with E-state index in [9.17, 15) is 4.79 Å². The van der Waals surface area contributed by atoms with Crippen LogP contribution in [0.15, 0.2) is 33.6 Å². The fraction of sp³-hybridized carbons (Fsp3) is 0.308. The zero-order valence-corrected chi connectivity index (χ0v) is 12.1. The van der Waals surface area contributed by atoms with Crippen LogP contribution >= 0.6 is 11.8 Å². The van der Waals surface area contributed by atoms with Gasteiger partial charge in [-0.05, 0) is 18.2 Å². The number of thioether (sulfide) groups is 1. The fourth-order valence-corrected chi connectivity index (χ4v) is 2.19. The largest absolute Gasteiger partial charge is 0.408 e. The van der Waals surface area contributed by atoms with Crippen molar-refractivity contribution >= 4 is 29.4 Å². The minimum atomic E-state index is -0.198. The minimum Gasteiger partial charge on any atom is -0.408 e. The number of carbonyl (C=O) groups is 1. The first kappa shape index (κ1) is 14.4. The van der Waals surface area contributed by atoms with Crippen LogP contribution in [-0.4, -0.2) is 21.9 Å². The van der Waals surface area contributed by atoms with Crippen LogP contribution in [0.25, 0.3) is 0 Å². The van der Waals surface area contributed by atoms with E-state index < -0.39 is 0 Å². The molecule has 0 aliphatic rings. The highest BCUT2D eigenvalue weighted by Crippen LogP contribution is 2.20. The fourth-order valence-electron chi connectivity index (χ4n) is 1.43. The van der Waals surface area contributed by atoms with Gasteiger partial charge in [0.1, 0.15) is 0 Å². The number of carbonyl (C=O) groups excluding carboxylic acids is 1. The van der Waals surface area contributed by atoms with Gasteiger partial charge >= 0.3 is 6.01 Å². The van der Waals surface area contributed by atoms with Gasteiger partial charge in [-0.15, -0.1) is 16.9 Å². The van der Waals surface area contributed by atoms with Crippen LogP contribution < -0.4 is 11.1 Å². The van der Waals surface area contributed by atoms with Crippen molar-refractivity contribution in [1.82, 2.24) is 10.2 Å². The van der Waals surface area contributed by atoms with E-state index in [1.54, 1.807) is 6.07 Å². The lowest BCUT2D eigenvalue weighted by Crippen LogP contribution is -2.14. The van der Waals surface area contributed by atoms with Gasteiger partial charge in [0.2, 0.25) is 11.8 Å². The van der Waals surface area contributed by atoms with Gasteiger partial charge in [0.05, 0.1) is 5.75 Å². The molecule has 1 aromatic heterocycles. The van der Waals surface area contributed by atoms with Crippen molar-refractivity contribution in [3.8, 4) is 0 Å². The van der Waals surface area contributed by atoms with Crippen LogP contribution in [0.5, 0.6) is 0 Å². The molecule has 0 aliphatic heterocycles. The number of anilines is 2. The van der Waals surface area contributed by atoms with Crippen molar-refractivity contribution in [2.75, 3.05) is 16.8 Å². The van der Waals surface area contributed by atoms with Crippen molar-refractivity contribution in [2.24, 2.45) is 0 Å². The summed E-state index contributed by atoms with van der Waals surface area (Å²) in [6.45, 7) is 3.88. The van der Waals surface area contributed by atoms with Gasteiger partial charge in [-0.2, -0.15) is 0 Å². The van der Waals surface area contributed by atoms with Gasteiger partial charge in [-0.1, -0.05) is 25.0 Å². The molecular formula is C13H16N4O2S. The quantitative estimate of drug-likeness (QED) is 0.649. The second-order valence-electron chi connectivity index (χ2n) is 4.51. The second kappa shape index (κ2) is 6.42. The molecule has 0 atom stereocenters. The molecule has 1 aromatic carbocycles. The number of amides is 1. The first-order valence-corrected chi connectivity index (χ1v) is 7.14. The van der Waals surface area contributed by atoms with Crippen LogP contribution in [0.3, 0.4) is 0 Å². The number of hydrogen-bond donors (Lipinski definition) is 2. The predicted octanol–water partition coefficient (Wildman–Crippen LogP) is 2.51. The van der Waals surface area contributed by atoms with E-state index in [0.29, 0.717) is 11.6 Å². The number of rotatable bonds is 5. The number of aromatic nitrogens is 2. The van der Waals surface area contributed by atoms with Crippen molar-refractivity contribution < 1.29 is 9.21 Å². The van der Waals surface area contributed by atoms with Crippen molar-refractivity contribution in [2.45, 2.75) is 24.7 Å². The molecule has 0 fully saturated rings. The lowest BCUT2D eigenvalue weighted by atomic mass is 10.2. The molecule has 0 spiro atoms. The molecule has 3 N–H and O–H groups in total. The molecule has 106 valence electrons. The summed E-state index contributed by atoms with van der Waals surface area (Å²) in [5, 5.41) is 10.2. The molecule has 0 saturated carbocycles. The van der Waals surface area contributed by atoms with Crippen LogP contribution in [-0.2, 0) is 4.79 Å². The third-order valence-electron chi connectivity index (χ3n) is 2.41. The summed E-state index contributed by atoms with van der Waals surface area (Å²) in [5.41, 5.74) is 6.35. The first-order valence-electron chi connectivity index (χ1n) is 6.16. The monoisotopic (exact) mass is 292 g/mol. The van der Waals surface area contributed by atoms with Crippen LogP contribution in [0.1, 0.15) is 25.7 Å². The van der Waals surface area contributed by atoms with E-state index in [1.807, 2.05) is 32.0 Å². The number of benzene rings is 1. The van der Waals surface area contributed by atoms with E-state index in [4.69, 9.17) is 10.2 Å². The van der Waals surface area contributed by atoms with Crippen LogP contribution in [0, 0.1) is 0 Å². The number of nitrogens with zero attached hydrogens (tertiary/aromatic N) is 2. The number of nitrogens with two attached hydrogens (primary N) is 1. The summed E-state index contributed by atoms with van der Waals surface area (Å²) >= 11 is 1.39. The summed E-state index contributed by atoms with van der Waals surface area (Å²) in [5.74, 6) is 0.693. The summed E-state index contributed by atoms with van der Waals surface area (Å²) in [6.07, 6.45) is 0. The topological polar surface area (TPSA) is 94.0 Å². The van der Waals surface area contributed by atoms with E-state index in [-0.39, 0.29) is 23.6 Å². The highest BCUT2D eigenvalue weighted by Gasteiger charge is 2.12. The number of nitrogens with one attached hydrogen (secondary N) is 1. The Kier molecular flexibility index (Phi) is 4.62. The standard InChI is InChI=1S/C13H16N4O2S/c1-8(2)12-16-17-13(19-12)15-11(18)7-20-10-5-3-4-9(14)6-10/h3-6,8H,7,14H2,1-2H3,(H,15,17,18). The summed E-state index contributed by atoms with van der Waals surface area (Å²) < 4.78 is 5.30. The second-order valence-corrected chi connectivity index (χ2v) is 5.56. The molecule has 0 aliphatic carbocycles. The highest BCUT2D eigenvalue weighted by atomic mass is 32.2. The van der Waals surface area contributed by atoms with Crippen molar-refractivity contribution in [3.63, 3.8) is 0 Å². The van der Waals surface area contributed by atoms with Crippen LogP contribution in [0.2, 0.25) is 0 Å². The van der Waals surface area contributed by atoms with Gasteiger partial charge in [-0.25, -0.2) is 0 Å². The zero-order valence-electron chi connectivity index (χ0n) is 11.3. The first-order chi connectivity index (χ1) is 9.54. The minimum absolute atomic E-state index is 0.131. The molecule has 1 heterocycles. The third-order valence-corrected chi connectivity index (χ3v) is 3.40. The van der Waals surface area contributed by atoms with E-state index in [1.165, 1.54) is 11.8 Å². The van der Waals surface area contributed by atoms with Gasteiger partial charge in [0, 0.05) is 16.5 Å². The van der Waals surface area contributed by atoms with Crippen molar-refractivity contribution in [1.29, 1.82) is 0 Å². The van der Waals surface area contributed by atoms with E-state index >= 15 is 0 Å². The van der Waals surface area contributed by atoms with Gasteiger partial charge in [0.15, 0.2) is 0 Å². The average molecular weight is 292 g/mol. The normalized spacial score (nSPS) is 10.8. The molecule has 7 heteroatoms. The lowest BCUT2D eigenvalue weighted by molar-refractivity contribution is -0.113. The van der Waals surface area contributed by atoms with E-state index in [0.717, 1.165) is 4.90 Å². The lowest BCUT2D eigenvalue weighted by Gasteiger charge is -2.02. The molecule has 0 unspecified atom stereocenters. The SMILES string of the molecule is CC(C)c1nnc(NC(=O)CSc2cccc(N)c2)o1. The average Bonchev–Trinajstić information content (AvgIpc) is 2.85. The maximum atomic E-state index is 11.8. The summed E-state index contributed by atoms with van der Waals surface area (Å²) in [6, 6.07) is 7.50. The van der Waals surface area contributed by atoms with Crippen LogP contribution in [0.4, 0.5) is 11.7 Å². The molecule has 0 radical (unpaired) electrons. The molecule has 1 amide bonds. The Morgan fingerprint density at radius 1 is 1.45 bits per heavy atom. The Hall–Kier alpha value is -2.02. The third kappa shape index (κ3) is 3.99. The Labute approximate surface area is 121 Å². The van der Waals surface area contributed by atoms with E-state index in [2.05, 4.69) is 15.5 Å². The number of hydrogen-bond acceptors (Lipinski definition) is 6. The van der Waals surface area contributed by atoms with Gasteiger partial charge in [-0.3, -0.25) is 10.1 Å². The maximum absolute atomic E-state index is 11.8. The summed E-state index contributed by atoms with van der Waals surface area (Å²) in [7, 11) is 0. The Bertz CT molecular complexity index is 598.